The van der Waals surface area contributed by atoms with Crippen LogP contribution in [0.5, 0.6) is 0 Å². The van der Waals surface area contributed by atoms with Gasteiger partial charge in [0.05, 0.1) is 29.9 Å². The van der Waals surface area contributed by atoms with Gasteiger partial charge >= 0.3 is 5.97 Å². The van der Waals surface area contributed by atoms with Crippen molar-refractivity contribution in [2.75, 3.05) is 54.9 Å². The molecule has 1 amide bonds. The third kappa shape index (κ3) is 8.57. The highest BCUT2D eigenvalue weighted by molar-refractivity contribution is 7.17. The highest BCUT2D eigenvalue weighted by atomic mass is 35.5. The van der Waals surface area contributed by atoms with E-state index < -0.39 is 0 Å². The summed E-state index contributed by atoms with van der Waals surface area (Å²) in [7, 11) is 0. The van der Waals surface area contributed by atoms with Gasteiger partial charge in [0.25, 0.3) is 5.91 Å². The number of aryl methyl sites for hydroxylation is 2. The predicted molar refractivity (Wildman–Crippen MR) is 152 cm³/mol. The fourth-order valence-electron chi connectivity index (χ4n) is 3.97. The number of piperazine rings is 1. The van der Waals surface area contributed by atoms with Gasteiger partial charge in [-0.1, -0.05) is 35.1 Å². The molecule has 0 saturated carbocycles. The van der Waals surface area contributed by atoms with Crippen molar-refractivity contribution in [1.29, 1.82) is 0 Å². The molecule has 3 heterocycles. The number of carbonyl (C=O) groups excluding carboxylic acids is 2. The second-order valence-corrected chi connectivity index (χ2v) is 10.0. The van der Waals surface area contributed by atoms with E-state index in [9.17, 15) is 9.59 Å². The van der Waals surface area contributed by atoms with Crippen LogP contribution in [-0.4, -0.2) is 76.3 Å². The Morgan fingerprint density at radius 2 is 1.92 bits per heavy atom. The quantitative estimate of drug-likeness (QED) is 0.218. The molecule has 5 N–H and O–H groups in total. The molecule has 1 aliphatic rings. The summed E-state index contributed by atoms with van der Waals surface area (Å²) in [5.41, 5.74) is 1.47. The lowest BCUT2D eigenvalue weighted by Gasteiger charge is -2.35. The Morgan fingerprint density at radius 3 is 2.62 bits per heavy atom. The van der Waals surface area contributed by atoms with Crippen LogP contribution in [0.1, 0.15) is 34.4 Å². The van der Waals surface area contributed by atoms with Gasteiger partial charge in [-0.05, 0) is 32.4 Å². The van der Waals surface area contributed by atoms with Gasteiger partial charge in [-0.25, -0.2) is 20.8 Å². The Balaban J connectivity index is 0.00000205. The standard InChI is InChI=1S/C25H30ClN7O3S.H3NO/c1-4-36-22(34)8-9-32-10-12-33(13-11-32)21-14-20(28-17(3)29-21)30-25-27-15-19(37-25)24(35)31-23-16(2)6-5-7-18(23)26;1-2/h5-7,14-15H,4,8-13H2,1-3H3,(H,31,35)(H,27,28,29,30);2H,1H2. The number of ether oxygens (including phenoxy) is 1. The Bertz CT molecular complexity index is 1250. The van der Waals surface area contributed by atoms with Crippen molar-refractivity contribution in [3.05, 3.63) is 51.7 Å². The first kappa shape index (κ1) is 30.2. The number of amides is 1. The number of thiazole rings is 1. The molecule has 0 atom stereocenters. The van der Waals surface area contributed by atoms with Gasteiger partial charge in [-0.2, -0.15) is 0 Å². The van der Waals surface area contributed by atoms with Crippen LogP contribution in [0.25, 0.3) is 0 Å². The van der Waals surface area contributed by atoms with Crippen molar-refractivity contribution in [2.45, 2.75) is 27.2 Å². The van der Waals surface area contributed by atoms with E-state index in [1.165, 1.54) is 17.5 Å². The molecule has 3 aromatic rings. The molecule has 4 rings (SSSR count). The summed E-state index contributed by atoms with van der Waals surface area (Å²) in [4.78, 5) is 42.7. The molecule has 1 fully saturated rings. The van der Waals surface area contributed by atoms with Gasteiger partial charge in [-0.3, -0.25) is 14.5 Å². The number of nitrogens with one attached hydrogen (secondary N) is 2. The maximum Gasteiger partial charge on any atom is 0.307 e. The summed E-state index contributed by atoms with van der Waals surface area (Å²) in [6.45, 7) is 9.91. The smallest absolute Gasteiger partial charge is 0.307 e. The van der Waals surface area contributed by atoms with Crippen LogP contribution >= 0.6 is 22.9 Å². The first-order valence-corrected chi connectivity index (χ1v) is 13.6. The van der Waals surface area contributed by atoms with E-state index in [1.807, 2.05) is 39.0 Å². The number of halogens is 1. The number of rotatable bonds is 9. The molecule has 1 aliphatic heterocycles. The van der Waals surface area contributed by atoms with Crippen molar-refractivity contribution in [3.8, 4) is 0 Å². The van der Waals surface area contributed by atoms with Gasteiger partial charge in [0.1, 0.15) is 22.3 Å². The molecule has 0 bridgehead atoms. The molecule has 2 aromatic heterocycles. The minimum absolute atomic E-state index is 0.158. The Morgan fingerprint density at radius 1 is 1.18 bits per heavy atom. The maximum atomic E-state index is 12.8. The number of carbonyl (C=O) groups is 2. The molecule has 210 valence electrons. The van der Waals surface area contributed by atoms with E-state index in [1.54, 1.807) is 6.07 Å². The highest BCUT2D eigenvalue weighted by Gasteiger charge is 2.20. The van der Waals surface area contributed by atoms with Crippen LogP contribution in [-0.2, 0) is 9.53 Å². The number of hydrogen-bond donors (Lipinski definition) is 4. The van der Waals surface area contributed by atoms with E-state index in [4.69, 9.17) is 21.5 Å². The second-order valence-electron chi connectivity index (χ2n) is 8.58. The molecular weight excluding hydrogens is 544 g/mol. The Hall–Kier alpha value is -3.36. The van der Waals surface area contributed by atoms with Crippen LogP contribution < -0.4 is 21.4 Å². The number of anilines is 4. The largest absolute Gasteiger partial charge is 0.466 e. The fourth-order valence-corrected chi connectivity index (χ4v) is 4.96. The first-order chi connectivity index (χ1) is 18.8. The zero-order valence-electron chi connectivity index (χ0n) is 22.1. The molecule has 39 heavy (non-hydrogen) atoms. The van der Waals surface area contributed by atoms with Crippen molar-refractivity contribution < 1.29 is 19.5 Å². The third-order valence-electron chi connectivity index (χ3n) is 5.88. The minimum Gasteiger partial charge on any atom is -0.466 e. The lowest BCUT2D eigenvalue weighted by Crippen LogP contribution is -2.47. The lowest BCUT2D eigenvalue weighted by molar-refractivity contribution is -0.143. The van der Waals surface area contributed by atoms with Crippen molar-refractivity contribution in [3.63, 3.8) is 0 Å². The first-order valence-electron chi connectivity index (χ1n) is 12.4. The number of nitrogens with two attached hydrogens (primary N) is 1. The van der Waals surface area contributed by atoms with Gasteiger partial charge in [-0.15, -0.1) is 0 Å². The highest BCUT2D eigenvalue weighted by Crippen LogP contribution is 2.28. The number of para-hydroxylation sites is 1. The predicted octanol–water partition coefficient (Wildman–Crippen LogP) is 3.61. The van der Waals surface area contributed by atoms with Gasteiger partial charge < -0.3 is 25.5 Å². The summed E-state index contributed by atoms with van der Waals surface area (Å²) in [6.07, 6.45) is 1.93. The van der Waals surface area contributed by atoms with E-state index in [2.05, 4.69) is 41.3 Å². The Labute approximate surface area is 236 Å². The molecule has 0 unspecified atom stereocenters. The third-order valence-corrected chi connectivity index (χ3v) is 7.11. The number of benzene rings is 1. The van der Waals surface area contributed by atoms with Crippen molar-refractivity contribution in [2.24, 2.45) is 5.90 Å². The van der Waals surface area contributed by atoms with E-state index >= 15 is 0 Å². The van der Waals surface area contributed by atoms with Gasteiger partial charge in [0, 0.05) is 38.8 Å². The van der Waals surface area contributed by atoms with Crippen molar-refractivity contribution in [1.82, 2.24) is 19.9 Å². The molecule has 0 spiro atoms. The monoisotopic (exact) mass is 576 g/mol. The van der Waals surface area contributed by atoms with E-state index in [0.29, 0.717) is 51.9 Å². The van der Waals surface area contributed by atoms with Crippen LogP contribution in [0.3, 0.4) is 0 Å². The zero-order valence-corrected chi connectivity index (χ0v) is 23.7. The van der Waals surface area contributed by atoms with E-state index in [0.717, 1.165) is 37.6 Å². The minimum atomic E-state index is -0.276. The van der Waals surface area contributed by atoms with E-state index in [-0.39, 0.29) is 11.9 Å². The zero-order chi connectivity index (χ0) is 28.4. The summed E-state index contributed by atoms with van der Waals surface area (Å²) in [5.74, 6) is 5.13. The number of nitrogens with zero attached hydrogens (tertiary/aromatic N) is 5. The second kappa shape index (κ2) is 14.7. The number of aromatic nitrogens is 3. The Kier molecular flexibility index (Phi) is 11.4. The molecule has 1 aromatic carbocycles. The average Bonchev–Trinajstić information content (AvgIpc) is 3.39. The molecular formula is C25H33ClN8O4S. The van der Waals surface area contributed by atoms with Crippen LogP contribution in [0.15, 0.2) is 30.5 Å². The number of hydrogen-bond acceptors (Lipinski definition) is 12. The lowest BCUT2D eigenvalue weighted by atomic mass is 10.2. The molecule has 1 saturated heterocycles. The molecule has 14 heteroatoms. The van der Waals surface area contributed by atoms with Crippen LogP contribution in [0.4, 0.5) is 22.5 Å². The van der Waals surface area contributed by atoms with Crippen molar-refractivity contribution >= 4 is 57.3 Å². The normalized spacial score (nSPS) is 13.3. The average molecular weight is 577 g/mol. The fraction of sp³-hybridized carbons (Fsp3) is 0.400. The summed E-state index contributed by atoms with van der Waals surface area (Å²) < 4.78 is 5.02. The summed E-state index contributed by atoms with van der Waals surface area (Å²) in [5, 5.41) is 13.6. The van der Waals surface area contributed by atoms with Gasteiger partial charge in [0.15, 0.2) is 5.13 Å². The molecule has 0 aliphatic carbocycles. The topological polar surface area (TPSA) is 159 Å². The summed E-state index contributed by atoms with van der Waals surface area (Å²) >= 11 is 7.47. The van der Waals surface area contributed by atoms with Gasteiger partial charge in [0.2, 0.25) is 0 Å². The number of esters is 1. The maximum absolute atomic E-state index is 12.8. The molecule has 12 nitrogen and oxygen atoms in total. The van der Waals surface area contributed by atoms with Crippen LogP contribution in [0, 0.1) is 13.8 Å². The van der Waals surface area contributed by atoms with Crippen LogP contribution in [0.2, 0.25) is 5.02 Å². The molecule has 0 radical (unpaired) electrons. The summed E-state index contributed by atoms with van der Waals surface area (Å²) in [6, 6.07) is 7.35. The SMILES string of the molecule is CCOC(=O)CCN1CCN(c2cc(Nc3ncc(C(=O)Nc4c(C)cccc4Cl)s3)nc(C)n2)CC1.NO.